The third-order valence-corrected chi connectivity index (χ3v) is 18.0. The lowest BCUT2D eigenvalue weighted by Crippen LogP contribution is -2.61. The van der Waals surface area contributed by atoms with Gasteiger partial charge in [0.25, 0.3) is 0 Å². The molecule has 48 heteroatoms. The number of terminal acetylenes is 1. The fourth-order valence-electron chi connectivity index (χ4n) is 11.8. The molecule has 0 spiro atoms. The van der Waals surface area contributed by atoms with Crippen LogP contribution < -0.4 is 58.9 Å². The van der Waals surface area contributed by atoms with Crippen LogP contribution in [0.25, 0.3) is 0 Å². The largest absolute Gasteiger partial charge is 0.508 e. The van der Waals surface area contributed by atoms with Gasteiger partial charge in [-0.3, -0.25) is 110 Å². The Labute approximate surface area is 719 Å². The number of aromatic hydroxyl groups is 1. The molecule has 0 saturated heterocycles. The number of amides is 10. The van der Waals surface area contributed by atoms with Gasteiger partial charge >= 0.3 is 59.7 Å². The van der Waals surface area contributed by atoms with E-state index in [9.17, 15) is 166 Å². The number of ketones is 3. The number of phenolic OH excluding ortho intramolecular Hbond substituents is 1. The molecule has 0 radical (unpaired) electrons. The summed E-state index contributed by atoms with van der Waals surface area (Å²) in [5.41, 5.74) is 7.82. The van der Waals surface area contributed by atoms with E-state index in [1.54, 1.807) is 85.7 Å². The predicted octanol–water partition coefficient (Wildman–Crippen LogP) is -5.47. The summed E-state index contributed by atoms with van der Waals surface area (Å²) in [5.74, 6) is -40.1. The number of carboxylic acids is 10. The van der Waals surface area contributed by atoms with Crippen LogP contribution in [0.2, 0.25) is 0 Å². The number of rotatable bonds is 64. The Balaban J connectivity index is 1.91. The minimum atomic E-state index is -2.64. The van der Waals surface area contributed by atoms with E-state index < -0.39 is 298 Å². The second-order valence-electron chi connectivity index (χ2n) is 28.2. The van der Waals surface area contributed by atoms with E-state index >= 15 is 0 Å². The molecular weight excluding hydrogens is 1690 g/mol. The van der Waals surface area contributed by atoms with E-state index in [0.717, 1.165) is 0 Å². The summed E-state index contributed by atoms with van der Waals surface area (Å²) in [4.78, 5) is 303. The van der Waals surface area contributed by atoms with Crippen molar-refractivity contribution in [2.24, 2.45) is 17.6 Å². The van der Waals surface area contributed by atoms with Crippen molar-refractivity contribution >= 4 is 136 Å². The molecule has 0 bridgehead atoms. The van der Waals surface area contributed by atoms with Crippen LogP contribution in [0.4, 0.5) is 0 Å². The van der Waals surface area contributed by atoms with Crippen molar-refractivity contribution < 1.29 is 181 Å². The number of benzene rings is 3. The molecule has 0 saturated carbocycles. The second-order valence-corrected chi connectivity index (χ2v) is 28.2. The molecule has 3 aromatic rings. The van der Waals surface area contributed by atoms with Crippen molar-refractivity contribution in [2.75, 3.05) is 39.6 Å². The quantitative estimate of drug-likeness (QED) is 0.0185. The summed E-state index contributed by atoms with van der Waals surface area (Å²) in [5, 5.41) is 127. The maximum atomic E-state index is 14.6. The molecule has 13 atom stereocenters. The van der Waals surface area contributed by atoms with E-state index in [-0.39, 0.29) is 71.1 Å². The average molecular weight is 1790 g/mol. The van der Waals surface area contributed by atoms with Crippen molar-refractivity contribution in [3.63, 3.8) is 0 Å². The number of Topliss-reactive ketones (excluding diaryl/α,β-unsaturated/α-hetero) is 3. The van der Waals surface area contributed by atoms with Gasteiger partial charge in [0.2, 0.25) is 59.1 Å². The van der Waals surface area contributed by atoms with E-state index in [1.807, 2.05) is 10.6 Å². The number of carbonyl (C=O) groups is 23. The van der Waals surface area contributed by atoms with Crippen molar-refractivity contribution in [3.05, 3.63) is 102 Å². The Morgan fingerprint density at radius 1 is 0.283 bits per heavy atom. The van der Waals surface area contributed by atoms with Crippen LogP contribution in [-0.4, -0.2) is 298 Å². The van der Waals surface area contributed by atoms with Gasteiger partial charge in [0.05, 0.1) is 115 Å². The Kier molecular flexibility index (Phi) is 46.4. The Morgan fingerprint density at radius 2 is 0.551 bits per heavy atom. The summed E-state index contributed by atoms with van der Waals surface area (Å²) >= 11 is 0. The summed E-state index contributed by atoms with van der Waals surface area (Å²) in [6.07, 6.45) is -12.3. The number of hydrogen-bond acceptors (Lipinski definition) is 28. The van der Waals surface area contributed by atoms with Gasteiger partial charge in [0.1, 0.15) is 60.7 Å². The highest BCUT2D eigenvalue weighted by molar-refractivity contribution is 6.04. The number of nitrogens with one attached hydrogen (secondary N) is 10. The van der Waals surface area contributed by atoms with Gasteiger partial charge < -0.3 is 129 Å². The van der Waals surface area contributed by atoms with Crippen LogP contribution in [0.15, 0.2) is 84.9 Å². The summed E-state index contributed by atoms with van der Waals surface area (Å²) < 4.78 is 15.7. The van der Waals surface area contributed by atoms with Gasteiger partial charge in [-0.05, 0) is 54.5 Å². The first kappa shape index (κ1) is 106. The standard InChI is InChI=1S/C79H97N11O37/c1-2-19-125-21-23-127-24-22-126-20-9-14-57(92)48(31-61(97)98)82-72(117)50(33-63(101)102)84-74(119)52(35-65(105)106)86-76(121)54(37-67(109)110)88-78(123)56(39-69(113)114)90-79(124)55(38-68(111)112)89-77(122)53(36-66(107)108)87-75(120)51(34-64(103)104)85-73(118)49(32-62(99)100)83-71(116)44(30-60(95)96)29-59(94)47(27-41-12-7-4-8-13-41)81-70(115)43(25-42-15-17-45(91)18-16-42)28-58(93)46(80)26-40-10-5-3-6-11-40/h1,3-8,10-13,15-18,43-44,46-56,91H,9,14,19-39,80H2,(H,81,115)(H,82,117)(H,83,116)(H,84,119)(H,85,118)(H,86,121)(H,87,120)(H,88,123)(H,89,122)(H,90,124)(H,95,96)(H,97,98)(H,99,100)(H,101,102)(H,103,104)(H,105,106)(H,107,108)(H,109,110)(H,111,112)(H,113,114)/t43-,44+,46+,47+,48+,49+,50+,51+,52+,53+,54+,55+,56+/m1/s1. The molecule has 48 nitrogen and oxygen atoms in total. The SMILES string of the molecule is C#CCOCCOCCOCCCC(=O)[C@H](CC(=O)O)NC(=O)[C@H](CC(=O)O)NC(=O)[C@H](CC(=O)O)NC(=O)[C@H](CC(=O)O)NC(=O)[C@H](CC(=O)O)NC(=O)[C@H](CC(=O)O)NC(=O)[C@H](CC(=O)O)NC(=O)[C@H](CC(=O)O)NC(=O)[C@H](CC(=O)O)NC(=O)[C@H](CC(=O)O)CC(=O)[C@H](Cc1ccccc1)NC(=O)[C@@H](CC(=O)[C@@H](N)Cc1ccccc1)Cc1ccc(O)cc1. The zero-order chi connectivity index (χ0) is 95.2. The van der Waals surface area contributed by atoms with E-state index in [4.69, 9.17) is 26.4 Å². The van der Waals surface area contributed by atoms with Crippen molar-refractivity contribution in [3.8, 4) is 18.1 Å². The number of carbonyl (C=O) groups excluding carboxylic acids is 13. The van der Waals surface area contributed by atoms with Crippen LogP contribution in [0.3, 0.4) is 0 Å². The smallest absolute Gasteiger partial charge is 0.305 e. The van der Waals surface area contributed by atoms with Gasteiger partial charge in [0, 0.05) is 31.8 Å². The number of ether oxygens (including phenoxy) is 3. The molecular formula is C79H97N11O37. The minimum Gasteiger partial charge on any atom is -0.508 e. The van der Waals surface area contributed by atoms with Gasteiger partial charge in [-0.1, -0.05) is 78.7 Å². The second kappa shape index (κ2) is 55.4. The first-order chi connectivity index (χ1) is 59.8. The summed E-state index contributed by atoms with van der Waals surface area (Å²) in [7, 11) is 0. The fraction of sp³-hybridized carbons (Fsp3) is 0.456. The van der Waals surface area contributed by atoms with Crippen LogP contribution in [-0.2, 0) is 144 Å². The van der Waals surface area contributed by atoms with Crippen LogP contribution in [0.5, 0.6) is 5.75 Å². The van der Waals surface area contributed by atoms with Gasteiger partial charge in [-0.25, -0.2) is 0 Å². The molecule has 0 aromatic heterocycles. The number of carboxylic acid groups (broad SMARTS) is 10. The zero-order valence-corrected chi connectivity index (χ0v) is 67.5. The van der Waals surface area contributed by atoms with Gasteiger partial charge in [0.15, 0.2) is 17.3 Å². The molecule has 3 rings (SSSR count). The van der Waals surface area contributed by atoms with Gasteiger partial charge in [-0.2, -0.15) is 0 Å². The maximum absolute atomic E-state index is 14.6. The van der Waals surface area contributed by atoms with E-state index in [2.05, 4.69) is 11.2 Å². The van der Waals surface area contributed by atoms with E-state index in [0.29, 0.717) is 16.7 Å². The first-order valence-corrected chi connectivity index (χ1v) is 38.4. The molecule has 0 heterocycles. The third-order valence-electron chi connectivity index (χ3n) is 18.0. The van der Waals surface area contributed by atoms with E-state index in [1.165, 1.54) is 36.4 Å². The third kappa shape index (κ3) is 42.8. The Morgan fingerprint density at radius 3 is 0.882 bits per heavy atom. The summed E-state index contributed by atoms with van der Waals surface area (Å²) in [6, 6.07) is -3.12. The molecule has 0 aliphatic heterocycles. The lowest BCUT2D eigenvalue weighted by molar-refractivity contribution is -0.146. The number of phenols is 1. The van der Waals surface area contributed by atoms with Crippen LogP contribution in [0.1, 0.15) is 107 Å². The maximum Gasteiger partial charge on any atom is 0.305 e. The molecule has 0 aliphatic rings. The minimum absolute atomic E-state index is 0.0329. The van der Waals surface area contributed by atoms with Crippen molar-refractivity contribution in [1.82, 2.24) is 53.2 Å². The number of nitrogens with two attached hydrogens (primary N) is 1. The molecule has 127 heavy (non-hydrogen) atoms. The molecule has 23 N–H and O–H groups in total. The fourth-order valence-corrected chi connectivity index (χ4v) is 11.8. The first-order valence-electron chi connectivity index (χ1n) is 38.4. The molecule has 10 amide bonds. The van der Waals surface area contributed by atoms with Crippen molar-refractivity contribution in [2.45, 2.75) is 176 Å². The predicted molar refractivity (Wildman–Crippen MR) is 424 cm³/mol. The monoisotopic (exact) mass is 1790 g/mol. The van der Waals surface area contributed by atoms with Crippen LogP contribution >= 0.6 is 0 Å². The highest BCUT2D eigenvalue weighted by Crippen LogP contribution is 2.22. The Hall–Kier alpha value is -14.7. The number of aliphatic carboxylic acids is 10. The topological polar surface area (TPSA) is 789 Å². The van der Waals surface area contributed by atoms with Gasteiger partial charge in [-0.15, -0.1) is 6.42 Å². The molecule has 690 valence electrons. The average Bonchev–Trinajstić information content (AvgIpc) is 0.846. The lowest BCUT2D eigenvalue weighted by atomic mass is 9.88. The lowest BCUT2D eigenvalue weighted by Gasteiger charge is -2.27. The summed E-state index contributed by atoms with van der Waals surface area (Å²) in [6.45, 7) is 0.439. The van der Waals surface area contributed by atoms with Crippen LogP contribution in [0, 0.1) is 24.2 Å². The zero-order valence-electron chi connectivity index (χ0n) is 67.5. The molecule has 0 unspecified atom stereocenters. The number of hydrogen-bond donors (Lipinski definition) is 22. The Bertz CT molecular complexity index is 4490. The molecule has 3 aromatic carbocycles. The highest BCUT2D eigenvalue weighted by Gasteiger charge is 2.41. The molecule has 0 fully saturated rings. The molecule has 0 aliphatic carbocycles. The highest BCUT2D eigenvalue weighted by atomic mass is 16.5. The normalized spacial score (nSPS) is 13.9. The van der Waals surface area contributed by atoms with Crippen molar-refractivity contribution in [1.29, 1.82) is 0 Å².